The molecule has 0 N–H and O–H groups in total. The Balaban J connectivity index is 1.99. The minimum Gasteiger partial charge on any atom is -0.497 e. The van der Waals surface area contributed by atoms with Crippen LogP contribution in [-0.2, 0) is 4.79 Å². The van der Waals surface area contributed by atoms with E-state index in [9.17, 15) is 9.59 Å². The number of Topliss-reactive ketones (excluding diaryl/α,β-unsaturated/α-hetero) is 1. The summed E-state index contributed by atoms with van der Waals surface area (Å²) in [6, 6.07) is 8.68. The van der Waals surface area contributed by atoms with Crippen molar-refractivity contribution in [1.29, 1.82) is 0 Å². The number of rotatable bonds is 6. The molecule has 182 valence electrons. The molecule has 0 saturated heterocycles. The summed E-state index contributed by atoms with van der Waals surface area (Å²) in [4.78, 5) is 31.7. The van der Waals surface area contributed by atoms with Crippen molar-refractivity contribution in [3.63, 3.8) is 0 Å². The Morgan fingerprint density at radius 3 is 2.34 bits per heavy atom. The number of ether oxygens (including phenoxy) is 3. The predicted octanol–water partition coefficient (Wildman–Crippen LogP) is 3.47. The van der Waals surface area contributed by atoms with E-state index in [1.165, 1.54) is 18.3 Å². The zero-order valence-corrected chi connectivity index (χ0v) is 21.7. The van der Waals surface area contributed by atoms with Crippen LogP contribution < -0.4 is 29.1 Å². The summed E-state index contributed by atoms with van der Waals surface area (Å²) in [6.45, 7) is 7.24. The van der Waals surface area contributed by atoms with E-state index in [1.807, 2.05) is 38.1 Å². The number of nitrogens with zero attached hydrogens (tertiary/aromatic N) is 2. The van der Waals surface area contributed by atoms with E-state index in [2.05, 4.69) is 4.99 Å². The van der Waals surface area contributed by atoms with Gasteiger partial charge in [0.1, 0.15) is 17.2 Å². The number of ketones is 1. The monoisotopic (exact) mass is 492 g/mol. The number of hydrogen-bond donors (Lipinski definition) is 0. The van der Waals surface area contributed by atoms with Gasteiger partial charge in [-0.25, -0.2) is 4.99 Å². The molecule has 0 amide bonds. The SMILES string of the molecule is COc1ccc(C2C(C(C)=O)=C(C)N=c3sc(=Cc4cc(C)c(OC)cc4C)c(=O)n32)c(OC)c1. The Labute approximate surface area is 207 Å². The van der Waals surface area contributed by atoms with Crippen LogP contribution in [0.2, 0.25) is 0 Å². The molecule has 1 aromatic heterocycles. The summed E-state index contributed by atoms with van der Waals surface area (Å²) < 4.78 is 18.5. The Morgan fingerprint density at radius 2 is 1.71 bits per heavy atom. The van der Waals surface area contributed by atoms with Gasteiger partial charge in [0.25, 0.3) is 5.56 Å². The second-order valence-corrected chi connectivity index (χ2v) is 9.43. The fraction of sp³-hybridized carbons (Fsp3) is 0.296. The van der Waals surface area contributed by atoms with Crippen LogP contribution >= 0.6 is 11.3 Å². The van der Waals surface area contributed by atoms with E-state index >= 15 is 0 Å². The van der Waals surface area contributed by atoms with Gasteiger partial charge >= 0.3 is 0 Å². The van der Waals surface area contributed by atoms with Gasteiger partial charge in [0, 0.05) is 22.9 Å². The molecule has 7 nitrogen and oxygen atoms in total. The summed E-state index contributed by atoms with van der Waals surface area (Å²) >= 11 is 1.30. The molecule has 1 aliphatic heterocycles. The van der Waals surface area contributed by atoms with Crippen LogP contribution in [0.15, 0.2) is 51.4 Å². The molecule has 0 saturated carbocycles. The van der Waals surface area contributed by atoms with Crippen LogP contribution in [0.5, 0.6) is 17.2 Å². The first-order valence-corrected chi connectivity index (χ1v) is 11.9. The molecule has 0 bridgehead atoms. The van der Waals surface area contributed by atoms with Gasteiger partial charge in [0.05, 0.1) is 31.9 Å². The van der Waals surface area contributed by atoms with Gasteiger partial charge in [-0.15, -0.1) is 0 Å². The molecule has 0 spiro atoms. The fourth-order valence-corrected chi connectivity index (χ4v) is 5.48. The summed E-state index contributed by atoms with van der Waals surface area (Å²) in [5.74, 6) is 1.80. The molecule has 1 aliphatic rings. The third-order valence-electron chi connectivity index (χ3n) is 6.21. The largest absolute Gasteiger partial charge is 0.497 e. The number of methoxy groups -OCH3 is 3. The van der Waals surface area contributed by atoms with E-state index in [-0.39, 0.29) is 11.3 Å². The molecule has 8 heteroatoms. The summed E-state index contributed by atoms with van der Waals surface area (Å²) in [6.07, 6.45) is 1.88. The van der Waals surface area contributed by atoms with E-state index in [0.717, 1.165) is 22.4 Å². The van der Waals surface area contributed by atoms with Crippen molar-refractivity contribution >= 4 is 23.2 Å². The molecular formula is C27H28N2O5S. The van der Waals surface area contributed by atoms with Gasteiger partial charge in [-0.1, -0.05) is 11.3 Å². The number of hydrogen-bond acceptors (Lipinski definition) is 7. The molecule has 0 aliphatic carbocycles. The minimum absolute atomic E-state index is 0.148. The molecule has 1 unspecified atom stereocenters. The van der Waals surface area contributed by atoms with Crippen molar-refractivity contribution in [2.45, 2.75) is 33.7 Å². The number of benzene rings is 2. The smallest absolute Gasteiger partial charge is 0.271 e. The van der Waals surface area contributed by atoms with Crippen LogP contribution in [0.3, 0.4) is 0 Å². The summed E-state index contributed by atoms with van der Waals surface area (Å²) in [5, 5.41) is 0. The Kier molecular flexibility index (Phi) is 6.67. The number of aromatic nitrogens is 1. The first kappa shape index (κ1) is 24.5. The fourth-order valence-electron chi connectivity index (χ4n) is 4.44. The number of thiazole rings is 1. The Hall–Kier alpha value is -3.65. The maximum Gasteiger partial charge on any atom is 0.271 e. The lowest BCUT2D eigenvalue weighted by Crippen LogP contribution is -2.39. The summed E-state index contributed by atoms with van der Waals surface area (Å²) in [7, 11) is 4.77. The van der Waals surface area contributed by atoms with Crippen molar-refractivity contribution in [2.24, 2.45) is 4.99 Å². The molecular weight excluding hydrogens is 464 g/mol. The zero-order chi connectivity index (χ0) is 25.4. The Bertz CT molecular complexity index is 1540. The van der Waals surface area contributed by atoms with Gasteiger partial charge in [0.2, 0.25) is 0 Å². The molecule has 2 heterocycles. The third kappa shape index (κ3) is 4.30. The molecule has 0 fully saturated rings. The average Bonchev–Trinajstić information content (AvgIpc) is 3.13. The highest BCUT2D eigenvalue weighted by Crippen LogP contribution is 2.37. The normalized spacial score (nSPS) is 15.5. The average molecular weight is 493 g/mol. The highest BCUT2D eigenvalue weighted by atomic mass is 32.1. The third-order valence-corrected chi connectivity index (χ3v) is 7.19. The van der Waals surface area contributed by atoms with Crippen LogP contribution in [0.4, 0.5) is 0 Å². The van der Waals surface area contributed by atoms with Gasteiger partial charge in [0.15, 0.2) is 10.6 Å². The van der Waals surface area contributed by atoms with Gasteiger partial charge in [-0.3, -0.25) is 14.2 Å². The second-order valence-electron chi connectivity index (χ2n) is 8.42. The van der Waals surface area contributed by atoms with E-state index < -0.39 is 6.04 Å². The van der Waals surface area contributed by atoms with Crippen molar-refractivity contribution in [2.75, 3.05) is 21.3 Å². The lowest BCUT2D eigenvalue weighted by Gasteiger charge is -2.26. The van der Waals surface area contributed by atoms with Gasteiger partial charge in [-0.05, 0) is 74.7 Å². The molecule has 3 aromatic rings. The van der Waals surface area contributed by atoms with Crippen LogP contribution in [0.25, 0.3) is 6.08 Å². The van der Waals surface area contributed by atoms with Gasteiger partial charge < -0.3 is 14.2 Å². The standard InChI is InChI=1S/C27H28N2O5S/c1-14-11-21(33-6)15(2)10-18(14)12-23-26(31)29-25(20-9-8-19(32-5)13-22(20)34-7)24(17(4)30)16(3)28-27(29)35-23/h8-13,25H,1-7H3. The highest BCUT2D eigenvalue weighted by Gasteiger charge is 2.32. The van der Waals surface area contributed by atoms with Gasteiger partial charge in [-0.2, -0.15) is 0 Å². The quantitative estimate of drug-likeness (QED) is 0.527. The number of fused-ring (bicyclic) bond motifs is 1. The first-order chi connectivity index (χ1) is 16.7. The van der Waals surface area contributed by atoms with Crippen molar-refractivity contribution in [3.8, 4) is 17.2 Å². The number of carbonyl (C=O) groups excluding carboxylic acids is 1. The molecule has 0 radical (unpaired) electrons. The van der Waals surface area contributed by atoms with E-state index in [4.69, 9.17) is 14.2 Å². The minimum atomic E-state index is -0.662. The first-order valence-electron chi connectivity index (χ1n) is 11.1. The van der Waals surface area contributed by atoms with Crippen LogP contribution in [0.1, 0.15) is 42.1 Å². The van der Waals surface area contributed by atoms with E-state index in [1.54, 1.807) is 45.0 Å². The highest BCUT2D eigenvalue weighted by molar-refractivity contribution is 7.07. The predicted molar refractivity (Wildman–Crippen MR) is 136 cm³/mol. The molecule has 4 rings (SSSR count). The van der Waals surface area contributed by atoms with Crippen LogP contribution in [0, 0.1) is 13.8 Å². The van der Waals surface area contributed by atoms with Crippen LogP contribution in [-0.4, -0.2) is 31.7 Å². The van der Waals surface area contributed by atoms with Crippen molar-refractivity contribution in [3.05, 3.63) is 83.5 Å². The lowest BCUT2D eigenvalue weighted by atomic mass is 9.92. The number of aryl methyl sites for hydroxylation is 2. The maximum atomic E-state index is 13.8. The molecule has 1 atom stereocenters. The number of carbonyl (C=O) groups is 1. The van der Waals surface area contributed by atoms with Crippen molar-refractivity contribution < 1.29 is 19.0 Å². The Morgan fingerprint density at radius 1 is 1.00 bits per heavy atom. The second kappa shape index (κ2) is 9.54. The molecule has 35 heavy (non-hydrogen) atoms. The zero-order valence-electron chi connectivity index (χ0n) is 20.9. The topological polar surface area (TPSA) is 79.1 Å². The number of allylic oxidation sites excluding steroid dienone is 2. The molecule has 2 aromatic carbocycles. The van der Waals surface area contributed by atoms with Crippen molar-refractivity contribution in [1.82, 2.24) is 4.57 Å². The lowest BCUT2D eigenvalue weighted by molar-refractivity contribution is -0.114. The van der Waals surface area contributed by atoms with E-state index in [0.29, 0.717) is 37.7 Å². The summed E-state index contributed by atoms with van der Waals surface area (Å²) in [5.41, 5.74) is 4.43. The maximum absolute atomic E-state index is 13.8.